The third-order valence-corrected chi connectivity index (χ3v) is 7.61. The Morgan fingerprint density at radius 2 is 1.83 bits per heavy atom. The van der Waals surface area contributed by atoms with E-state index in [9.17, 15) is 34.2 Å². The number of phenols is 1. The first-order valence-electron chi connectivity index (χ1n) is 10.7. The molecule has 0 radical (unpaired) electrons. The number of aliphatic carboxylic acids is 1. The average Bonchev–Trinajstić information content (AvgIpc) is 3.04. The zero-order valence-corrected chi connectivity index (χ0v) is 19.9. The Morgan fingerprint density at radius 3 is 2.43 bits per heavy atom. The normalized spacial score (nSPS) is 23.1. The fourth-order valence-electron chi connectivity index (χ4n) is 4.31. The molecule has 2 saturated heterocycles. The van der Waals surface area contributed by atoms with E-state index < -0.39 is 57.4 Å². The van der Waals surface area contributed by atoms with E-state index >= 15 is 0 Å². The molecule has 0 aliphatic carbocycles. The number of carboxylic acids is 1. The summed E-state index contributed by atoms with van der Waals surface area (Å²) in [6, 6.07) is 3.50. The number of hydrogen-bond donors (Lipinski definition) is 5. The minimum absolute atomic E-state index is 0.0525. The summed E-state index contributed by atoms with van der Waals surface area (Å²) in [7, 11) is 0. The standard InChI is InChI=1S/C23H24N4O7S/c1-10-8-14(29)13(9-24-10)18(30)25-15(11-4-6-12(28)7-5-11)19(31)26-16-20(32)27-17(22(33)34)23(2,3)35-21(16)27/h4-9,15-17,21,28H,1-3H3,(H,24,29)(H,25,30)(H,26,31)(H,33,34)/t15?,16-,17-,21-/m0/s1. The molecule has 1 aromatic carbocycles. The number of aromatic nitrogens is 1. The van der Waals surface area contributed by atoms with Crippen LogP contribution in [0.25, 0.3) is 0 Å². The van der Waals surface area contributed by atoms with Gasteiger partial charge in [-0.05, 0) is 38.5 Å². The molecule has 2 aromatic rings. The Bertz CT molecular complexity index is 1270. The number of carbonyl (C=O) groups is 4. The number of phenolic OH excluding ortho intramolecular Hbond substituents is 1. The highest BCUT2D eigenvalue weighted by molar-refractivity contribution is 8.01. The van der Waals surface area contributed by atoms with Crippen LogP contribution in [-0.2, 0) is 14.4 Å². The quantitative estimate of drug-likeness (QED) is 0.357. The maximum Gasteiger partial charge on any atom is 0.327 e. The van der Waals surface area contributed by atoms with Crippen LogP contribution < -0.4 is 16.1 Å². The predicted octanol–water partition coefficient (Wildman–Crippen LogP) is 0.492. The second kappa shape index (κ2) is 8.77. The van der Waals surface area contributed by atoms with Crippen LogP contribution in [0.3, 0.4) is 0 Å². The van der Waals surface area contributed by atoms with Gasteiger partial charge in [0.15, 0.2) is 5.43 Å². The third kappa shape index (κ3) is 4.36. The summed E-state index contributed by atoms with van der Waals surface area (Å²) >= 11 is 1.28. The van der Waals surface area contributed by atoms with Crippen molar-refractivity contribution in [2.45, 2.75) is 49.0 Å². The molecule has 1 aromatic heterocycles. The van der Waals surface area contributed by atoms with Crippen molar-refractivity contribution in [3.63, 3.8) is 0 Å². The number of H-pyrrole nitrogens is 1. The van der Waals surface area contributed by atoms with E-state index in [1.165, 1.54) is 53.2 Å². The Labute approximate surface area is 203 Å². The highest BCUT2D eigenvalue weighted by atomic mass is 32.2. The number of amides is 3. The second-order valence-corrected chi connectivity index (χ2v) is 10.7. The van der Waals surface area contributed by atoms with Crippen molar-refractivity contribution in [3.05, 3.63) is 63.6 Å². The first-order chi connectivity index (χ1) is 16.4. The molecule has 0 spiro atoms. The minimum Gasteiger partial charge on any atom is -0.508 e. The molecule has 1 unspecified atom stereocenters. The van der Waals surface area contributed by atoms with E-state index in [0.717, 1.165) is 0 Å². The molecule has 2 aliphatic heterocycles. The van der Waals surface area contributed by atoms with Crippen molar-refractivity contribution in [2.24, 2.45) is 0 Å². The summed E-state index contributed by atoms with van der Waals surface area (Å²) in [5, 5.41) is 23.8. The third-order valence-electron chi connectivity index (χ3n) is 6.04. The lowest BCUT2D eigenvalue weighted by atomic mass is 9.95. The van der Waals surface area contributed by atoms with Crippen molar-refractivity contribution in [1.29, 1.82) is 0 Å². The monoisotopic (exact) mass is 500 g/mol. The number of nitrogens with zero attached hydrogens (tertiary/aromatic N) is 1. The number of aryl methyl sites for hydroxylation is 1. The molecule has 3 amide bonds. The fraction of sp³-hybridized carbons (Fsp3) is 0.348. The first kappa shape index (κ1) is 24.3. The molecule has 11 nitrogen and oxygen atoms in total. The van der Waals surface area contributed by atoms with Gasteiger partial charge in [-0.25, -0.2) is 4.79 Å². The van der Waals surface area contributed by atoms with E-state index in [1.807, 2.05) is 0 Å². The van der Waals surface area contributed by atoms with E-state index in [1.54, 1.807) is 20.8 Å². The van der Waals surface area contributed by atoms with Crippen LogP contribution in [0.4, 0.5) is 0 Å². The molecule has 2 fully saturated rings. The van der Waals surface area contributed by atoms with Crippen LogP contribution >= 0.6 is 11.8 Å². The number of aromatic amines is 1. The number of rotatable bonds is 6. The van der Waals surface area contributed by atoms with Crippen LogP contribution in [0.5, 0.6) is 5.75 Å². The fourth-order valence-corrected chi connectivity index (χ4v) is 5.93. The number of thioether (sulfide) groups is 1. The van der Waals surface area contributed by atoms with Gasteiger partial charge in [-0.3, -0.25) is 19.2 Å². The van der Waals surface area contributed by atoms with Gasteiger partial charge in [0.05, 0.1) is 0 Å². The lowest BCUT2D eigenvalue weighted by molar-refractivity contribution is -0.161. The van der Waals surface area contributed by atoms with Crippen LogP contribution in [0.2, 0.25) is 0 Å². The van der Waals surface area contributed by atoms with Crippen molar-refractivity contribution in [1.82, 2.24) is 20.5 Å². The Hall–Kier alpha value is -3.80. The average molecular weight is 501 g/mol. The van der Waals surface area contributed by atoms with E-state index in [0.29, 0.717) is 11.3 Å². The predicted molar refractivity (Wildman–Crippen MR) is 126 cm³/mol. The molecule has 4 rings (SSSR count). The van der Waals surface area contributed by atoms with E-state index in [4.69, 9.17) is 0 Å². The minimum atomic E-state index is -1.29. The number of benzene rings is 1. The number of nitrogens with one attached hydrogen (secondary N) is 3. The van der Waals surface area contributed by atoms with Gasteiger partial charge >= 0.3 is 5.97 Å². The largest absolute Gasteiger partial charge is 0.508 e. The van der Waals surface area contributed by atoms with Crippen LogP contribution in [0, 0.1) is 6.92 Å². The molecule has 5 N–H and O–H groups in total. The Morgan fingerprint density at radius 1 is 1.17 bits per heavy atom. The summed E-state index contributed by atoms with van der Waals surface area (Å²) in [6.45, 7) is 5.10. The van der Waals surface area contributed by atoms with Gasteiger partial charge < -0.3 is 30.7 Å². The molecule has 35 heavy (non-hydrogen) atoms. The zero-order valence-electron chi connectivity index (χ0n) is 19.1. The molecule has 2 aliphatic rings. The van der Waals surface area contributed by atoms with Crippen LogP contribution in [0.1, 0.15) is 41.5 Å². The van der Waals surface area contributed by atoms with E-state index in [-0.39, 0.29) is 11.3 Å². The van der Waals surface area contributed by atoms with E-state index in [2.05, 4.69) is 15.6 Å². The molecule has 4 atom stereocenters. The summed E-state index contributed by atoms with van der Waals surface area (Å²) in [5.74, 6) is -3.23. The highest BCUT2D eigenvalue weighted by Crippen LogP contribution is 2.50. The SMILES string of the molecule is Cc1cc(=O)c(C(=O)NC(C(=O)N[C@H]2C(=O)N3[C@@H](C(=O)O)C(C)(C)S[C@@H]23)c2ccc(O)cc2)c[nH]1. The number of β-lactam (4-membered cyclic amide) rings is 1. The summed E-state index contributed by atoms with van der Waals surface area (Å²) in [5.41, 5.74) is 0.140. The number of carboxylic acid groups (broad SMARTS) is 1. The first-order valence-corrected chi connectivity index (χ1v) is 11.6. The van der Waals surface area contributed by atoms with Crippen molar-refractivity contribution in [3.8, 4) is 5.75 Å². The van der Waals surface area contributed by atoms with Gasteiger partial charge in [0.25, 0.3) is 5.91 Å². The molecule has 3 heterocycles. The molecular formula is C23H24N4O7S. The highest BCUT2D eigenvalue weighted by Gasteiger charge is 2.64. The number of carbonyl (C=O) groups excluding carboxylic acids is 3. The molecule has 12 heteroatoms. The Kier molecular flexibility index (Phi) is 6.09. The van der Waals surface area contributed by atoms with Gasteiger partial charge in [0, 0.05) is 22.7 Å². The van der Waals surface area contributed by atoms with Gasteiger partial charge in [0.2, 0.25) is 11.8 Å². The topological polar surface area (TPSA) is 169 Å². The summed E-state index contributed by atoms with van der Waals surface area (Å²) in [4.78, 5) is 66.9. The van der Waals surface area contributed by atoms with Crippen LogP contribution in [-0.4, -0.2) is 66.0 Å². The summed E-state index contributed by atoms with van der Waals surface area (Å²) in [6.07, 6.45) is 1.25. The number of pyridine rings is 1. The second-order valence-electron chi connectivity index (χ2n) is 8.98. The number of aromatic hydroxyl groups is 1. The van der Waals surface area contributed by atoms with Gasteiger partial charge in [-0.2, -0.15) is 0 Å². The number of hydrogen-bond acceptors (Lipinski definition) is 7. The molecule has 0 saturated carbocycles. The Balaban J connectivity index is 1.57. The zero-order chi connectivity index (χ0) is 25.7. The maximum atomic E-state index is 13.3. The molecule has 184 valence electrons. The van der Waals surface area contributed by atoms with Crippen molar-refractivity contribution in [2.75, 3.05) is 0 Å². The molecular weight excluding hydrogens is 476 g/mol. The van der Waals surface area contributed by atoms with Crippen molar-refractivity contribution >= 4 is 35.5 Å². The smallest absolute Gasteiger partial charge is 0.327 e. The van der Waals surface area contributed by atoms with Crippen LogP contribution in [0.15, 0.2) is 41.3 Å². The van der Waals surface area contributed by atoms with Gasteiger partial charge in [-0.15, -0.1) is 11.8 Å². The van der Waals surface area contributed by atoms with Crippen molar-refractivity contribution < 1.29 is 29.4 Å². The summed E-state index contributed by atoms with van der Waals surface area (Å²) < 4.78 is -0.761. The lowest BCUT2D eigenvalue weighted by Gasteiger charge is -2.44. The van der Waals surface area contributed by atoms with Gasteiger partial charge in [-0.1, -0.05) is 12.1 Å². The lowest BCUT2D eigenvalue weighted by Crippen LogP contribution is -2.71. The van der Waals surface area contributed by atoms with Gasteiger partial charge in [0.1, 0.15) is 34.8 Å². The molecule has 0 bridgehead atoms. The number of fused-ring (bicyclic) bond motifs is 1. The maximum absolute atomic E-state index is 13.3.